The summed E-state index contributed by atoms with van der Waals surface area (Å²) in [5.74, 6) is -0.353. The second kappa shape index (κ2) is 8.90. The molecule has 2 heterocycles. The lowest BCUT2D eigenvalue weighted by Crippen LogP contribution is -2.47. The Bertz CT molecular complexity index is 1030. The van der Waals surface area contributed by atoms with Crippen LogP contribution in [0.3, 0.4) is 0 Å². The van der Waals surface area contributed by atoms with Gasteiger partial charge in [-0.05, 0) is 25.0 Å². The van der Waals surface area contributed by atoms with Crippen molar-refractivity contribution >= 4 is 11.8 Å². The Labute approximate surface area is 173 Å². The number of carbonyl (C=O) groups is 2. The number of halogens is 1. The first-order valence-electron chi connectivity index (χ1n) is 9.94. The van der Waals surface area contributed by atoms with Crippen LogP contribution in [0.1, 0.15) is 28.9 Å². The standard InChI is InChI=1S/C23H22FN3O3/c24-20-9-5-4-8-19(20)23(29)25-17-10-12-27(13-11-17)22(28)15-18-14-21(30-26-18)16-6-2-1-3-7-16/h1-9,14,17H,10-13,15H2,(H,25,29). The molecule has 1 fully saturated rings. The van der Waals surface area contributed by atoms with Crippen LogP contribution in [0.2, 0.25) is 0 Å². The lowest BCUT2D eigenvalue weighted by atomic mass is 10.0. The topological polar surface area (TPSA) is 75.4 Å². The van der Waals surface area contributed by atoms with Gasteiger partial charge in [0.25, 0.3) is 5.91 Å². The molecule has 1 aromatic heterocycles. The van der Waals surface area contributed by atoms with E-state index in [0.29, 0.717) is 37.4 Å². The molecule has 3 aromatic rings. The van der Waals surface area contributed by atoms with Crippen LogP contribution in [-0.2, 0) is 11.2 Å². The summed E-state index contributed by atoms with van der Waals surface area (Å²) in [6.07, 6.45) is 1.42. The number of amides is 2. The molecule has 1 N–H and O–H groups in total. The number of aromatic nitrogens is 1. The monoisotopic (exact) mass is 407 g/mol. The van der Waals surface area contributed by atoms with Gasteiger partial charge in [0.2, 0.25) is 5.91 Å². The highest BCUT2D eigenvalue weighted by Crippen LogP contribution is 2.21. The van der Waals surface area contributed by atoms with Crippen molar-refractivity contribution in [2.24, 2.45) is 0 Å². The summed E-state index contributed by atoms with van der Waals surface area (Å²) in [5, 5.41) is 6.87. The third-order valence-corrected chi connectivity index (χ3v) is 5.25. The second-order valence-electron chi connectivity index (χ2n) is 7.33. The molecule has 0 spiro atoms. The average Bonchev–Trinajstić information content (AvgIpc) is 3.23. The molecule has 0 bridgehead atoms. The first kappa shape index (κ1) is 19.8. The number of carbonyl (C=O) groups excluding carboxylic acids is 2. The maximum absolute atomic E-state index is 13.8. The summed E-state index contributed by atoms with van der Waals surface area (Å²) in [5.41, 5.74) is 1.54. The molecule has 1 aliphatic heterocycles. The molecule has 0 radical (unpaired) electrons. The zero-order valence-electron chi connectivity index (χ0n) is 16.4. The van der Waals surface area contributed by atoms with Crippen LogP contribution in [0.4, 0.5) is 4.39 Å². The number of likely N-dealkylation sites (tertiary alicyclic amines) is 1. The lowest BCUT2D eigenvalue weighted by Gasteiger charge is -2.32. The van der Waals surface area contributed by atoms with E-state index in [9.17, 15) is 14.0 Å². The van der Waals surface area contributed by atoms with Gasteiger partial charge in [0, 0.05) is 30.8 Å². The number of nitrogens with zero attached hydrogens (tertiary/aromatic N) is 2. The minimum absolute atomic E-state index is 0.0261. The molecule has 1 saturated heterocycles. The van der Waals surface area contributed by atoms with E-state index < -0.39 is 11.7 Å². The molecule has 2 aromatic carbocycles. The van der Waals surface area contributed by atoms with Crippen molar-refractivity contribution in [2.45, 2.75) is 25.3 Å². The van der Waals surface area contributed by atoms with Crippen LogP contribution in [-0.4, -0.2) is 41.0 Å². The van der Waals surface area contributed by atoms with Gasteiger partial charge in [-0.2, -0.15) is 0 Å². The van der Waals surface area contributed by atoms with Crippen molar-refractivity contribution in [1.82, 2.24) is 15.4 Å². The molecule has 0 aliphatic carbocycles. The molecule has 0 atom stereocenters. The van der Waals surface area contributed by atoms with E-state index >= 15 is 0 Å². The minimum atomic E-state index is -0.537. The highest BCUT2D eigenvalue weighted by atomic mass is 19.1. The molecule has 6 nitrogen and oxygen atoms in total. The average molecular weight is 407 g/mol. The molecular weight excluding hydrogens is 385 g/mol. The van der Waals surface area contributed by atoms with Crippen molar-refractivity contribution in [3.63, 3.8) is 0 Å². The lowest BCUT2D eigenvalue weighted by molar-refractivity contribution is -0.131. The van der Waals surface area contributed by atoms with Gasteiger partial charge >= 0.3 is 0 Å². The van der Waals surface area contributed by atoms with E-state index in [1.165, 1.54) is 12.1 Å². The van der Waals surface area contributed by atoms with Crippen LogP contribution in [0, 0.1) is 5.82 Å². The van der Waals surface area contributed by atoms with E-state index in [4.69, 9.17) is 4.52 Å². The SMILES string of the molecule is O=C(NC1CCN(C(=O)Cc2cc(-c3ccccc3)on2)CC1)c1ccccc1F. The predicted octanol–water partition coefficient (Wildman–Crippen LogP) is 3.44. The molecule has 30 heavy (non-hydrogen) atoms. The number of nitrogens with one attached hydrogen (secondary N) is 1. The third kappa shape index (κ3) is 4.56. The molecule has 154 valence electrons. The number of piperidine rings is 1. The van der Waals surface area contributed by atoms with E-state index in [1.807, 2.05) is 30.3 Å². The van der Waals surface area contributed by atoms with E-state index in [-0.39, 0.29) is 23.9 Å². The first-order chi connectivity index (χ1) is 14.6. The van der Waals surface area contributed by atoms with Gasteiger partial charge in [0.15, 0.2) is 5.76 Å². The Morgan fingerprint density at radius 1 is 1.07 bits per heavy atom. The van der Waals surface area contributed by atoms with Gasteiger partial charge in [-0.15, -0.1) is 0 Å². The largest absolute Gasteiger partial charge is 0.356 e. The first-order valence-corrected chi connectivity index (χ1v) is 9.94. The summed E-state index contributed by atoms with van der Waals surface area (Å²) in [6, 6.07) is 17.2. The number of hydrogen-bond donors (Lipinski definition) is 1. The van der Waals surface area contributed by atoms with E-state index in [1.54, 1.807) is 23.1 Å². The molecule has 2 amide bonds. The second-order valence-corrected chi connectivity index (χ2v) is 7.33. The summed E-state index contributed by atoms with van der Waals surface area (Å²) in [6.45, 7) is 1.06. The summed E-state index contributed by atoms with van der Waals surface area (Å²) in [7, 11) is 0. The molecule has 0 saturated carbocycles. The van der Waals surface area contributed by atoms with Gasteiger partial charge < -0.3 is 14.7 Å². The van der Waals surface area contributed by atoms with Gasteiger partial charge in [-0.3, -0.25) is 9.59 Å². The Morgan fingerprint density at radius 2 is 1.77 bits per heavy atom. The maximum Gasteiger partial charge on any atom is 0.254 e. The Morgan fingerprint density at radius 3 is 2.50 bits per heavy atom. The fourth-order valence-electron chi connectivity index (χ4n) is 3.58. The zero-order chi connectivity index (χ0) is 20.9. The van der Waals surface area contributed by atoms with Gasteiger partial charge in [-0.1, -0.05) is 47.6 Å². The van der Waals surface area contributed by atoms with Crippen LogP contribution in [0.15, 0.2) is 65.2 Å². The number of hydrogen-bond acceptors (Lipinski definition) is 4. The Balaban J connectivity index is 1.28. The van der Waals surface area contributed by atoms with Crippen molar-refractivity contribution in [1.29, 1.82) is 0 Å². The normalized spacial score (nSPS) is 14.5. The van der Waals surface area contributed by atoms with Crippen LogP contribution >= 0.6 is 0 Å². The van der Waals surface area contributed by atoms with Crippen LogP contribution in [0.25, 0.3) is 11.3 Å². The van der Waals surface area contributed by atoms with Crippen molar-refractivity contribution in [3.8, 4) is 11.3 Å². The van der Waals surface area contributed by atoms with Gasteiger partial charge in [0.05, 0.1) is 17.7 Å². The number of rotatable bonds is 5. The van der Waals surface area contributed by atoms with Crippen LogP contribution in [0.5, 0.6) is 0 Å². The summed E-state index contributed by atoms with van der Waals surface area (Å²) >= 11 is 0. The zero-order valence-corrected chi connectivity index (χ0v) is 16.4. The quantitative estimate of drug-likeness (QED) is 0.703. The fraction of sp³-hybridized carbons (Fsp3) is 0.261. The van der Waals surface area contributed by atoms with Gasteiger partial charge in [-0.25, -0.2) is 4.39 Å². The third-order valence-electron chi connectivity index (χ3n) is 5.25. The van der Waals surface area contributed by atoms with Crippen LogP contribution < -0.4 is 5.32 Å². The summed E-state index contributed by atoms with van der Waals surface area (Å²) in [4.78, 5) is 26.6. The predicted molar refractivity (Wildman–Crippen MR) is 109 cm³/mol. The number of benzene rings is 2. The molecule has 0 unspecified atom stereocenters. The Kier molecular flexibility index (Phi) is 5.88. The smallest absolute Gasteiger partial charge is 0.254 e. The van der Waals surface area contributed by atoms with E-state index in [0.717, 1.165) is 5.56 Å². The highest BCUT2D eigenvalue weighted by Gasteiger charge is 2.25. The van der Waals surface area contributed by atoms with Crippen molar-refractivity contribution in [2.75, 3.05) is 13.1 Å². The maximum atomic E-state index is 13.8. The van der Waals surface area contributed by atoms with Gasteiger partial charge in [0.1, 0.15) is 5.82 Å². The Hall–Kier alpha value is -3.48. The molecule has 4 rings (SSSR count). The highest BCUT2D eigenvalue weighted by molar-refractivity contribution is 5.94. The molecular formula is C23H22FN3O3. The minimum Gasteiger partial charge on any atom is -0.356 e. The summed E-state index contributed by atoms with van der Waals surface area (Å²) < 4.78 is 19.1. The fourth-order valence-corrected chi connectivity index (χ4v) is 3.58. The van der Waals surface area contributed by atoms with Crippen molar-refractivity contribution in [3.05, 3.63) is 77.7 Å². The van der Waals surface area contributed by atoms with Crippen molar-refractivity contribution < 1.29 is 18.5 Å². The van der Waals surface area contributed by atoms with E-state index in [2.05, 4.69) is 10.5 Å². The molecule has 7 heteroatoms. The molecule has 1 aliphatic rings.